The van der Waals surface area contributed by atoms with Gasteiger partial charge in [0.1, 0.15) is 0 Å². The molecule has 2 saturated carbocycles. The highest BCUT2D eigenvalue weighted by Crippen LogP contribution is 2.39. The highest BCUT2D eigenvalue weighted by atomic mass is 14.9. The molecule has 4 atom stereocenters. The van der Waals surface area contributed by atoms with Gasteiger partial charge in [-0.3, -0.25) is 0 Å². The smallest absolute Gasteiger partial charge is 0.00668 e. The highest BCUT2D eigenvalue weighted by Gasteiger charge is 2.31. The van der Waals surface area contributed by atoms with Crippen LogP contribution < -0.4 is 5.32 Å². The Hall–Kier alpha value is -0.0400. The lowest BCUT2D eigenvalue weighted by Gasteiger charge is -2.38. The molecular weight excluding hydrogens is 206 g/mol. The number of hydrogen-bond donors (Lipinski definition) is 1. The Balaban J connectivity index is 1.92. The Morgan fingerprint density at radius 3 is 2.35 bits per heavy atom. The Kier molecular flexibility index (Phi) is 5.34. The molecule has 0 spiro atoms. The van der Waals surface area contributed by atoms with E-state index in [2.05, 4.69) is 19.3 Å². The molecule has 2 fully saturated rings. The molecule has 0 aromatic carbocycles. The Morgan fingerprint density at radius 1 is 0.824 bits per heavy atom. The predicted molar refractivity (Wildman–Crippen MR) is 75.2 cm³/mol. The van der Waals surface area contributed by atoms with Gasteiger partial charge in [0.15, 0.2) is 0 Å². The monoisotopic (exact) mass is 237 g/mol. The van der Waals surface area contributed by atoms with E-state index in [4.69, 9.17) is 0 Å². The second kappa shape index (κ2) is 6.78. The van der Waals surface area contributed by atoms with E-state index < -0.39 is 0 Å². The molecule has 17 heavy (non-hydrogen) atoms. The molecule has 0 aliphatic heterocycles. The molecule has 0 amide bonds. The maximum atomic E-state index is 3.52. The highest BCUT2D eigenvalue weighted by molar-refractivity contribution is 4.84. The van der Waals surface area contributed by atoms with Crippen LogP contribution in [0.2, 0.25) is 0 Å². The maximum absolute atomic E-state index is 3.52. The average Bonchev–Trinajstić information content (AvgIpc) is 2.34. The van der Waals surface area contributed by atoms with Crippen molar-refractivity contribution in [3.05, 3.63) is 0 Å². The number of nitrogens with one attached hydrogen (secondary N) is 1. The largest absolute Gasteiger partial charge is 0.317 e. The summed E-state index contributed by atoms with van der Waals surface area (Å²) in [5.41, 5.74) is 0. The Labute approximate surface area is 108 Å². The SMILES string of the molecule is CNC1CCCC(C2CCCCCCC2C)C1. The van der Waals surface area contributed by atoms with E-state index in [1.807, 2.05) is 0 Å². The first kappa shape index (κ1) is 13.4. The molecule has 1 heteroatoms. The molecule has 100 valence electrons. The average molecular weight is 237 g/mol. The van der Waals surface area contributed by atoms with Gasteiger partial charge in [-0.1, -0.05) is 51.9 Å². The minimum Gasteiger partial charge on any atom is -0.317 e. The molecule has 4 unspecified atom stereocenters. The number of rotatable bonds is 2. The van der Waals surface area contributed by atoms with Crippen LogP contribution in [0.25, 0.3) is 0 Å². The van der Waals surface area contributed by atoms with E-state index in [0.717, 1.165) is 23.8 Å². The number of hydrogen-bond acceptors (Lipinski definition) is 1. The zero-order valence-electron chi connectivity index (χ0n) is 11.9. The van der Waals surface area contributed by atoms with E-state index in [0.29, 0.717) is 0 Å². The summed E-state index contributed by atoms with van der Waals surface area (Å²) in [6.45, 7) is 2.53. The van der Waals surface area contributed by atoms with Crippen LogP contribution in [0.1, 0.15) is 71.1 Å². The second-order valence-corrected chi connectivity index (χ2v) is 6.54. The van der Waals surface area contributed by atoms with Gasteiger partial charge in [-0.15, -0.1) is 0 Å². The second-order valence-electron chi connectivity index (χ2n) is 6.54. The van der Waals surface area contributed by atoms with Gasteiger partial charge in [0.25, 0.3) is 0 Å². The normalized spacial score (nSPS) is 40.6. The van der Waals surface area contributed by atoms with Gasteiger partial charge in [0.05, 0.1) is 0 Å². The minimum atomic E-state index is 0.811. The van der Waals surface area contributed by atoms with Crippen molar-refractivity contribution < 1.29 is 0 Å². The summed E-state index contributed by atoms with van der Waals surface area (Å²) in [4.78, 5) is 0. The molecule has 0 bridgehead atoms. The molecule has 0 saturated heterocycles. The van der Waals surface area contributed by atoms with E-state index >= 15 is 0 Å². The first-order chi connectivity index (χ1) is 8.31. The summed E-state index contributed by atoms with van der Waals surface area (Å²) < 4.78 is 0. The summed E-state index contributed by atoms with van der Waals surface area (Å²) in [5.74, 6) is 3.04. The zero-order chi connectivity index (χ0) is 12.1. The lowest BCUT2D eigenvalue weighted by atomic mass is 9.69. The molecular formula is C16H31N. The van der Waals surface area contributed by atoms with Crippen molar-refractivity contribution >= 4 is 0 Å². The van der Waals surface area contributed by atoms with E-state index in [1.165, 1.54) is 64.2 Å². The maximum Gasteiger partial charge on any atom is 0.00668 e. The van der Waals surface area contributed by atoms with Crippen LogP contribution in [-0.4, -0.2) is 13.1 Å². The van der Waals surface area contributed by atoms with Gasteiger partial charge in [-0.25, -0.2) is 0 Å². The molecule has 0 aromatic rings. The first-order valence-corrected chi connectivity index (χ1v) is 7.98. The minimum absolute atomic E-state index is 0.811. The van der Waals surface area contributed by atoms with E-state index in [-0.39, 0.29) is 0 Å². The predicted octanol–water partition coefficient (Wildman–Crippen LogP) is 4.37. The van der Waals surface area contributed by atoms with Crippen LogP contribution in [-0.2, 0) is 0 Å². The van der Waals surface area contributed by atoms with Crippen molar-refractivity contribution in [2.75, 3.05) is 7.05 Å². The third kappa shape index (κ3) is 3.71. The molecule has 1 nitrogen and oxygen atoms in total. The summed E-state index contributed by atoms with van der Waals surface area (Å²) in [6.07, 6.45) is 14.8. The molecule has 2 rings (SSSR count). The topological polar surface area (TPSA) is 12.0 Å². The van der Waals surface area contributed by atoms with Crippen molar-refractivity contribution in [1.82, 2.24) is 5.32 Å². The van der Waals surface area contributed by atoms with Gasteiger partial charge < -0.3 is 5.32 Å². The van der Waals surface area contributed by atoms with Crippen molar-refractivity contribution in [2.24, 2.45) is 17.8 Å². The van der Waals surface area contributed by atoms with E-state index in [1.54, 1.807) is 0 Å². The van der Waals surface area contributed by atoms with Gasteiger partial charge in [-0.2, -0.15) is 0 Å². The van der Waals surface area contributed by atoms with Crippen LogP contribution in [0, 0.1) is 17.8 Å². The summed E-state index contributed by atoms with van der Waals surface area (Å²) in [7, 11) is 2.15. The fraction of sp³-hybridized carbons (Fsp3) is 1.00. The van der Waals surface area contributed by atoms with Crippen molar-refractivity contribution in [1.29, 1.82) is 0 Å². The molecule has 0 aromatic heterocycles. The summed E-state index contributed by atoms with van der Waals surface area (Å²) in [6, 6.07) is 0.811. The Bertz CT molecular complexity index is 214. The van der Waals surface area contributed by atoms with Crippen molar-refractivity contribution in [2.45, 2.75) is 77.2 Å². The lowest BCUT2D eigenvalue weighted by molar-refractivity contribution is 0.140. The van der Waals surface area contributed by atoms with Crippen LogP contribution >= 0.6 is 0 Å². The standard InChI is InChI=1S/C16H31N/c1-13-8-5-3-4-6-11-16(13)14-9-7-10-15(12-14)17-2/h13-17H,3-12H2,1-2H3. The van der Waals surface area contributed by atoms with Crippen LogP contribution in [0.15, 0.2) is 0 Å². The molecule has 0 heterocycles. The quantitative estimate of drug-likeness (QED) is 0.752. The molecule has 2 aliphatic carbocycles. The zero-order valence-corrected chi connectivity index (χ0v) is 11.9. The third-order valence-corrected chi connectivity index (χ3v) is 5.41. The summed E-state index contributed by atoms with van der Waals surface area (Å²) in [5, 5.41) is 3.52. The molecule has 2 aliphatic rings. The van der Waals surface area contributed by atoms with Crippen LogP contribution in [0.5, 0.6) is 0 Å². The van der Waals surface area contributed by atoms with Gasteiger partial charge >= 0.3 is 0 Å². The Morgan fingerprint density at radius 2 is 1.59 bits per heavy atom. The van der Waals surface area contributed by atoms with Crippen molar-refractivity contribution in [3.8, 4) is 0 Å². The van der Waals surface area contributed by atoms with Crippen LogP contribution in [0.3, 0.4) is 0 Å². The van der Waals surface area contributed by atoms with Crippen LogP contribution in [0.4, 0.5) is 0 Å². The first-order valence-electron chi connectivity index (χ1n) is 7.98. The fourth-order valence-electron chi connectivity index (χ4n) is 4.28. The van der Waals surface area contributed by atoms with Crippen molar-refractivity contribution in [3.63, 3.8) is 0 Å². The molecule has 0 radical (unpaired) electrons. The summed E-state index contributed by atoms with van der Waals surface area (Å²) >= 11 is 0. The van der Waals surface area contributed by atoms with E-state index in [9.17, 15) is 0 Å². The molecule has 1 N–H and O–H groups in total. The third-order valence-electron chi connectivity index (χ3n) is 5.41. The lowest BCUT2D eigenvalue weighted by Crippen LogP contribution is -2.35. The van der Waals surface area contributed by atoms with Gasteiger partial charge in [-0.05, 0) is 44.1 Å². The fourth-order valence-corrected chi connectivity index (χ4v) is 4.28. The van der Waals surface area contributed by atoms with Gasteiger partial charge in [0.2, 0.25) is 0 Å². The van der Waals surface area contributed by atoms with Gasteiger partial charge in [0, 0.05) is 6.04 Å².